The summed E-state index contributed by atoms with van der Waals surface area (Å²) >= 11 is 3.37. The number of hydrogen-bond donors (Lipinski definition) is 1. The van der Waals surface area contributed by atoms with Crippen molar-refractivity contribution in [1.29, 1.82) is 0 Å². The number of pyridine rings is 1. The van der Waals surface area contributed by atoms with Crippen molar-refractivity contribution in [2.24, 2.45) is 0 Å². The standard InChI is InChI=1S/C14H15BrN2O/c1-9-10(2)13(18-3)6-5-12(9)17-14-7-4-11(15)8-16-14/h4-8H,1-3H3,(H,16,17). The topological polar surface area (TPSA) is 34.1 Å². The molecule has 0 aliphatic heterocycles. The summed E-state index contributed by atoms with van der Waals surface area (Å²) < 4.78 is 6.27. The first-order chi connectivity index (χ1) is 8.61. The van der Waals surface area contributed by atoms with E-state index in [1.165, 1.54) is 5.56 Å². The van der Waals surface area contributed by atoms with E-state index in [1.807, 2.05) is 31.2 Å². The summed E-state index contributed by atoms with van der Waals surface area (Å²) in [5.74, 6) is 1.73. The molecule has 0 saturated carbocycles. The molecule has 1 aromatic carbocycles. The van der Waals surface area contributed by atoms with Crippen LogP contribution in [0.15, 0.2) is 34.9 Å². The van der Waals surface area contributed by atoms with Gasteiger partial charge in [-0.2, -0.15) is 0 Å². The average molecular weight is 307 g/mol. The maximum atomic E-state index is 5.30. The van der Waals surface area contributed by atoms with Gasteiger partial charge < -0.3 is 10.1 Å². The molecule has 0 bridgehead atoms. The number of anilines is 2. The van der Waals surface area contributed by atoms with Crippen LogP contribution >= 0.6 is 15.9 Å². The van der Waals surface area contributed by atoms with Crippen molar-refractivity contribution in [2.45, 2.75) is 13.8 Å². The average Bonchev–Trinajstić information content (AvgIpc) is 2.38. The molecule has 3 nitrogen and oxygen atoms in total. The lowest BCUT2D eigenvalue weighted by molar-refractivity contribution is 0.411. The zero-order valence-electron chi connectivity index (χ0n) is 10.6. The molecule has 0 aliphatic carbocycles. The highest BCUT2D eigenvalue weighted by Crippen LogP contribution is 2.29. The van der Waals surface area contributed by atoms with E-state index in [4.69, 9.17) is 4.74 Å². The summed E-state index contributed by atoms with van der Waals surface area (Å²) in [4.78, 5) is 4.30. The van der Waals surface area contributed by atoms with Gasteiger partial charge in [-0.1, -0.05) is 0 Å². The predicted octanol–water partition coefficient (Wildman–Crippen LogP) is 4.21. The number of ether oxygens (including phenoxy) is 1. The molecule has 4 heteroatoms. The van der Waals surface area contributed by atoms with E-state index in [9.17, 15) is 0 Å². The van der Waals surface area contributed by atoms with Gasteiger partial charge in [-0.25, -0.2) is 4.98 Å². The molecular formula is C14H15BrN2O. The van der Waals surface area contributed by atoms with E-state index in [-0.39, 0.29) is 0 Å². The molecule has 0 spiro atoms. The zero-order valence-corrected chi connectivity index (χ0v) is 12.2. The van der Waals surface area contributed by atoms with Crippen molar-refractivity contribution < 1.29 is 4.74 Å². The molecule has 0 atom stereocenters. The lowest BCUT2D eigenvalue weighted by Gasteiger charge is -2.13. The van der Waals surface area contributed by atoms with Crippen LogP contribution in [0.4, 0.5) is 11.5 Å². The van der Waals surface area contributed by atoms with Crippen LogP contribution in [0, 0.1) is 13.8 Å². The molecule has 0 radical (unpaired) electrons. The van der Waals surface area contributed by atoms with Gasteiger partial charge >= 0.3 is 0 Å². The Kier molecular flexibility index (Phi) is 3.87. The molecule has 18 heavy (non-hydrogen) atoms. The van der Waals surface area contributed by atoms with Gasteiger partial charge in [-0.3, -0.25) is 0 Å². The smallest absolute Gasteiger partial charge is 0.130 e. The largest absolute Gasteiger partial charge is 0.496 e. The minimum Gasteiger partial charge on any atom is -0.496 e. The molecule has 1 aromatic heterocycles. The highest BCUT2D eigenvalue weighted by Gasteiger charge is 2.07. The van der Waals surface area contributed by atoms with Crippen LogP contribution in [-0.4, -0.2) is 12.1 Å². The Bertz CT molecular complexity index is 552. The van der Waals surface area contributed by atoms with Gasteiger partial charge in [0.2, 0.25) is 0 Å². The first kappa shape index (κ1) is 12.9. The summed E-state index contributed by atoms with van der Waals surface area (Å²) in [5, 5.41) is 3.30. The summed E-state index contributed by atoms with van der Waals surface area (Å²) in [6.07, 6.45) is 1.77. The van der Waals surface area contributed by atoms with E-state index in [0.717, 1.165) is 27.3 Å². The highest BCUT2D eigenvalue weighted by atomic mass is 79.9. The Hall–Kier alpha value is -1.55. The molecule has 94 valence electrons. The van der Waals surface area contributed by atoms with Gasteiger partial charge in [0.05, 0.1) is 7.11 Å². The van der Waals surface area contributed by atoms with Crippen LogP contribution in [0.25, 0.3) is 0 Å². The third-order valence-corrected chi connectivity index (χ3v) is 3.42. The number of hydrogen-bond acceptors (Lipinski definition) is 3. The van der Waals surface area contributed by atoms with Gasteiger partial charge in [-0.05, 0) is 65.2 Å². The monoisotopic (exact) mass is 306 g/mol. The van der Waals surface area contributed by atoms with Gasteiger partial charge in [0.25, 0.3) is 0 Å². The molecular weight excluding hydrogens is 292 g/mol. The quantitative estimate of drug-likeness (QED) is 0.922. The lowest BCUT2D eigenvalue weighted by Crippen LogP contribution is -1.98. The minimum absolute atomic E-state index is 0.825. The van der Waals surface area contributed by atoms with Crippen LogP contribution < -0.4 is 10.1 Å². The van der Waals surface area contributed by atoms with E-state index < -0.39 is 0 Å². The predicted molar refractivity (Wildman–Crippen MR) is 77.7 cm³/mol. The zero-order chi connectivity index (χ0) is 13.1. The maximum absolute atomic E-state index is 5.30. The van der Waals surface area contributed by atoms with Gasteiger partial charge in [0, 0.05) is 16.4 Å². The summed E-state index contributed by atoms with van der Waals surface area (Å²) in [6.45, 7) is 4.12. The number of benzene rings is 1. The van der Waals surface area contributed by atoms with Crippen molar-refractivity contribution in [3.05, 3.63) is 46.1 Å². The van der Waals surface area contributed by atoms with Crippen molar-refractivity contribution in [1.82, 2.24) is 4.98 Å². The van der Waals surface area contributed by atoms with Gasteiger partial charge in [0.15, 0.2) is 0 Å². The molecule has 2 rings (SSSR count). The molecule has 1 N–H and O–H groups in total. The number of nitrogens with zero attached hydrogens (tertiary/aromatic N) is 1. The molecule has 0 unspecified atom stereocenters. The summed E-state index contributed by atoms with van der Waals surface area (Å²) in [7, 11) is 1.69. The van der Waals surface area contributed by atoms with Crippen LogP contribution in [0.1, 0.15) is 11.1 Å². The second kappa shape index (κ2) is 5.40. The Morgan fingerprint density at radius 1 is 1.11 bits per heavy atom. The maximum Gasteiger partial charge on any atom is 0.130 e. The second-order valence-corrected chi connectivity index (χ2v) is 4.97. The molecule has 1 heterocycles. The van der Waals surface area contributed by atoms with Crippen LogP contribution in [0.2, 0.25) is 0 Å². The van der Waals surface area contributed by atoms with Crippen LogP contribution in [0.5, 0.6) is 5.75 Å². The third-order valence-electron chi connectivity index (χ3n) is 2.95. The van der Waals surface area contributed by atoms with Crippen molar-refractivity contribution in [2.75, 3.05) is 12.4 Å². The molecule has 0 aliphatic rings. The van der Waals surface area contributed by atoms with Crippen molar-refractivity contribution in [3.8, 4) is 5.75 Å². The minimum atomic E-state index is 0.825. The van der Waals surface area contributed by atoms with Gasteiger partial charge in [-0.15, -0.1) is 0 Å². The molecule has 0 saturated heterocycles. The molecule has 0 amide bonds. The number of aromatic nitrogens is 1. The van der Waals surface area contributed by atoms with Gasteiger partial charge in [0.1, 0.15) is 11.6 Å². The van der Waals surface area contributed by atoms with E-state index in [1.54, 1.807) is 13.3 Å². The third kappa shape index (κ3) is 2.64. The first-order valence-electron chi connectivity index (χ1n) is 5.64. The summed E-state index contributed by atoms with van der Waals surface area (Å²) in [5.41, 5.74) is 3.35. The summed E-state index contributed by atoms with van der Waals surface area (Å²) in [6, 6.07) is 7.86. The number of nitrogens with one attached hydrogen (secondary N) is 1. The molecule has 0 fully saturated rings. The Balaban J connectivity index is 2.29. The number of halogens is 1. The Labute approximate surface area is 115 Å². The second-order valence-electron chi connectivity index (χ2n) is 4.05. The SMILES string of the molecule is COc1ccc(Nc2ccc(Br)cn2)c(C)c1C. The van der Waals surface area contributed by atoms with E-state index in [2.05, 4.69) is 33.2 Å². The highest BCUT2D eigenvalue weighted by molar-refractivity contribution is 9.10. The number of methoxy groups -OCH3 is 1. The molecule has 2 aromatic rings. The van der Waals surface area contributed by atoms with E-state index in [0.29, 0.717) is 0 Å². The Morgan fingerprint density at radius 2 is 1.89 bits per heavy atom. The fourth-order valence-electron chi connectivity index (χ4n) is 1.74. The van der Waals surface area contributed by atoms with Crippen LogP contribution in [0.3, 0.4) is 0 Å². The van der Waals surface area contributed by atoms with Crippen molar-refractivity contribution >= 4 is 27.4 Å². The Morgan fingerprint density at radius 3 is 2.50 bits per heavy atom. The number of rotatable bonds is 3. The normalized spacial score (nSPS) is 10.2. The fourth-order valence-corrected chi connectivity index (χ4v) is 1.97. The fraction of sp³-hybridized carbons (Fsp3) is 0.214. The van der Waals surface area contributed by atoms with Crippen molar-refractivity contribution in [3.63, 3.8) is 0 Å². The first-order valence-corrected chi connectivity index (χ1v) is 6.44. The lowest BCUT2D eigenvalue weighted by atomic mass is 10.1. The van der Waals surface area contributed by atoms with E-state index >= 15 is 0 Å². The van der Waals surface area contributed by atoms with Crippen LogP contribution in [-0.2, 0) is 0 Å².